The average Bonchev–Trinajstić information content (AvgIpc) is 2.22. The number of phenols is 2. The second-order valence-corrected chi connectivity index (χ2v) is 3.62. The van der Waals surface area contributed by atoms with Crippen molar-refractivity contribution in [1.29, 1.82) is 0 Å². The normalized spacial score (nSPS) is 10.4. The van der Waals surface area contributed by atoms with E-state index in [2.05, 4.69) is 4.98 Å². The highest BCUT2D eigenvalue weighted by atomic mass is 35.5. The first-order valence-corrected chi connectivity index (χ1v) is 4.79. The van der Waals surface area contributed by atoms with Gasteiger partial charge in [0, 0.05) is 11.8 Å². The fourth-order valence-corrected chi connectivity index (χ4v) is 1.44. The van der Waals surface area contributed by atoms with Crippen molar-refractivity contribution in [1.82, 2.24) is 4.98 Å². The van der Waals surface area contributed by atoms with E-state index in [1.54, 1.807) is 0 Å². The van der Waals surface area contributed by atoms with Gasteiger partial charge in [-0.25, -0.2) is 4.39 Å². The second-order valence-electron chi connectivity index (χ2n) is 3.19. The maximum Gasteiger partial charge on any atom is 0.158 e. The van der Waals surface area contributed by atoms with Gasteiger partial charge < -0.3 is 10.2 Å². The Hall–Kier alpha value is -1.81. The predicted octanol–water partition coefficient (Wildman–Crippen LogP) is 2.95. The topological polar surface area (TPSA) is 53.4 Å². The molecule has 0 aliphatic rings. The lowest BCUT2D eigenvalue weighted by atomic mass is 10.1. The number of halogens is 2. The molecule has 2 N–H and O–H groups in total. The van der Waals surface area contributed by atoms with Crippen molar-refractivity contribution >= 4 is 11.6 Å². The molecule has 0 amide bonds. The third kappa shape index (κ3) is 1.92. The van der Waals surface area contributed by atoms with Crippen LogP contribution in [-0.4, -0.2) is 15.2 Å². The number of benzene rings is 1. The van der Waals surface area contributed by atoms with E-state index >= 15 is 0 Å². The minimum atomic E-state index is -0.586. The number of nitrogens with zero attached hydrogens (tertiary/aromatic N) is 1. The minimum absolute atomic E-state index is 0.0692. The number of aromatic hydroxyl groups is 2. The summed E-state index contributed by atoms with van der Waals surface area (Å²) in [6.07, 6.45) is 1.31. The van der Waals surface area contributed by atoms with Crippen molar-refractivity contribution in [3.63, 3.8) is 0 Å². The van der Waals surface area contributed by atoms with E-state index in [0.717, 1.165) is 6.07 Å². The second kappa shape index (κ2) is 3.98. The molecule has 2 aromatic rings. The van der Waals surface area contributed by atoms with Crippen LogP contribution in [-0.2, 0) is 0 Å². The molecule has 2 rings (SSSR count). The first kappa shape index (κ1) is 10.7. The Morgan fingerprint density at radius 2 is 1.88 bits per heavy atom. The van der Waals surface area contributed by atoms with Crippen molar-refractivity contribution < 1.29 is 14.6 Å². The highest BCUT2D eigenvalue weighted by Crippen LogP contribution is 2.31. The van der Waals surface area contributed by atoms with Gasteiger partial charge in [-0.05, 0) is 24.3 Å². The van der Waals surface area contributed by atoms with Gasteiger partial charge in [0.25, 0.3) is 0 Å². The van der Waals surface area contributed by atoms with Gasteiger partial charge in [0.15, 0.2) is 17.3 Å². The zero-order valence-corrected chi connectivity index (χ0v) is 8.74. The Labute approximate surface area is 95.8 Å². The highest BCUT2D eigenvalue weighted by molar-refractivity contribution is 6.30. The van der Waals surface area contributed by atoms with Crippen LogP contribution in [0.2, 0.25) is 5.02 Å². The molecule has 1 aromatic carbocycles. The highest BCUT2D eigenvalue weighted by Gasteiger charge is 2.09. The van der Waals surface area contributed by atoms with E-state index < -0.39 is 5.82 Å². The molecular formula is C11H7ClFNO2. The van der Waals surface area contributed by atoms with Crippen LogP contribution < -0.4 is 0 Å². The zero-order chi connectivity index (χ0) is 11.7. The number of aromatic nitrogens is 1. The number of rotatable bonds is 1. The van der Waals surface area contributed by atoms with Gasteiger partial charge in [0.1, 0.15) is 5.69 Å². The molecule has 1 heterocycles. The summed E-state index contributed by atoms with van der Waals surface area (Å²) < 4.78 is 13.5. The fourth-order valence-electron chi connectivity index (χ4n) is 1.30. The largest absolute Gasteiger partial charge is 0.504 e. The van der Waals surface area contributed by atoms with Crippen LogP contribution in [0, 0.1) is 5.82 Å². The van der Waals surface area contributed by atoms with Gasteiger partial charge in [-0.3, -0.25) is 4.98 Å². The fraction of sp³-hybridized carbons (Fsp3) is 0. The van der Waals surface area contributed by atoms with Gasteiger partial charge in [-0.15, -0.1) is 0 Å². The maximum absolute atomic E-state index is 13.5. The summed E-state index contributed by atoms with van der Waals surface area (Å²) in [5, 5.41) is 18.6. The molecule has 0 saturated heterocycles. The Morgan fingerprint density at radius 1 is 1.12 bits per heavy atom. The summed E-state index contributed by atoms with van der Waals surface area (Å²) in [4.78, 5) is 3.82. The Bertz CT molecular complexity index is 546. The molecule has 0 bridgehead atoms. The number of phenolic OH excluding ortho intramolecular Hbond substituents is 2. The van der Waals surface area contributed by atoms with Crippen molar-refractivity contribution in [2.24, 2.45) is 0 Å². The Morgan fingerprint density at radius 3 is 2.50 bits per heavy atom. The maximum atomic E-state index is 13.5. The molecule has 5 heteroatoms. The van der Waals surface area contributed by atoms with E-state index in [0.29, 0.717) is 5.56 Å². The van der Waals surface area contributed by atoms with E-state index in [1.807, 2.05) is 0 Å². The molecule has 0 fully saturated rings. The van der Waals surface area contributed by atoms with E-state index in [9.17, 15) is 9.50 Å². The van der Waals surface area contributed by atoms with Crippen LogP contribution in [0.25, 0.3) is 11.3 Å². The van der Waals surface area contributed by atoms with E-state index in [-0.39, 0.29) is 22.2 Å². The third-order valence-corrected chi connectivity index (χ3v) is 2.26. The summed E-state index contributed by atoms with van der Waals surface area (Å²) in [5.74, 6) is -1.18. The van der Waals surface area contributed by atoms with Crippen LogP contribution in [0.1, 0.15) is 0 Å². The van der Waals surface area contributed by atoms with Crippen LogP contribution in [0.3, 0.4) is 0 Å². The first-order valence-electron chi connectivity index (χ1n) is 4.41. The summed E-state index contributed by atoms with van der Waals surface area (Å²) in [6.45, 7) is 0. The number of pyridine rings is 1. The van der Waals surface area contributed by atoms with Crippen LogP contribution in [0.4, 0.5) is 4.39 Å². The van der Waals surface area contributed by atoms with Crippen LogP contribution in [0.15, 0.2) is 30.5 Å². The predicted molar refractivity (Wildman–Crippen MR) is 58.0 cm³/mol. The van der Waals surface area contributed by atoms with Crippen molar-refractivity contribution in [3.8, 4) is 22.8 Å². The van der Waals surface area contributed by atoms with Gasteiger partial charge in [0.2, 0.25) is 0 Å². The molecule has 1 aromatic heterocycles. The first-order chi connectivity index (χ1) is 7.58. The summed E-state index contributed by atoms with van der Waals surface area (Å²) in [7, 11) is 0. The number of hydrogen-bond donors (Lipinski definition) is 2. The molecule has 3 nitrogen and oxygen atoms in total. The molecule has 0 unspecified atom stereocenters. The standard InChI is InChI=1S/C11H7ClFNO2/c12-7-4-8(13)11(14-5-7)6-1-2-9(15)10(16)3-6/h1-5,15-16H. The van der Waals surface area contributed by atoms with Crippen LogP contribution in [0.5, 0.6) is 11.5 Å². The van der Waals surface area contributed by atoms with Gasteiger partial charge in [-0.1, -0.05) is 11.6 Å². The molecule has 0 saturated carbocycles. The van der Waals surface area contributed by atoms with Gasteiger partial charge in [-0.2, -0.15) is 0 Å². The number of hydrogen-bond acceptors (Lipinski definition) is 3. The summed E-state index contributed by atoms with van der Waals surface area (Å²) >= 11 is 5.57. The summed E-state index contributed by atoms with van der Waals surface area (Å²) in [5.41, 5.74) is 0.434. The molecule has 0 atom stereocenters. The summed E-state index contributed by atoms with van der Waals surface area (Å²) in [6, 6.07) is 5.08. The average molecular weight is 240 g/mol. The van der Waals surface area contributed by atoms with E-state index in [4.69, 9.17) is 16.7 Å². The lowest BCUT2D eigenvalue weighted by molar-refractivity contribution is 0.404. The lowest BCUT2D eigenvalue weighted by Gasteiger charge is -2.04. The van der Waals surface area contributed by atoms with Crippen molar-refractivity contribution in [2.75, 3.05) is 0 Å². The zero-order valence-electron chi connectivity index (χ0n) is 7.98. The third-order valence-electron chi connectivity index (χ3n) is 2.06. The minimum Gasteiger partial charge on any atom is -0.504 e. The molecule has 16 heavy (non-hydrogen) atoms. The quantitative estimate of drug-likeness (QED) is 0.753. The Balaban J connectivity index is 2.54. The molecule has 0 radical (unpaired) electrons. The SMILES string of the molecule is Oc1ccc(-c2ncc(Cl)cc2F)cc1O. The lowest BCUT2D eigenvalue weighted by Crippen LogP contribution is -1.88. The molecule has 82 valence electrons. The molecule has 0 aliphatic carbocycles. The monoisotopic (exact) mass is 239 g/mol. The van der Waals surface area contributed by atoms with Gasteiger partial charge in [0.05, 0.1) is 5.02 Å². The van der Waals surface area contributed by atoms with E-state index in [1.165, 1.54) is 24.4 Å². The van der Waals surface area contributed by atoms with Crippen molar-refractivity contribution in [2.45, 2.75) is 0 Å². The molecule has 0 aliphatic heterocycles. The molecular weight excluding hydrogens is 233 g/mol. The van der Waals surface area contributed by atoms with Crippen LogP contribution >= 0.6 is 11.6 Å². The Kier molecular flexibility index (Phi) is 2.66. The smallest absolute Gasteiger partial charge is 0.158 e. The molecule has 0 spiro atoms. The van der Waals surface area contributed by atoms with Crippen molar-refractivity contribution in [3.05, 3.63) is 41.3 Å². The van der Waals surface area contributed by atoms with Gasteiger partial charge >= 0.3 is 0 Å².